The van der Waals surface area contributed by atoms with Gasteiger partial charge in [-0.1, -0.05) is 18.5 Å². The third-order valence-corrected chi connectivity index (χ3v) is 7.54. The van der Waals surface area contributed by atoms with Gasteiger partial charge in [0, 0.05) is 18.3 Å². The first-order valence-corrected chi connectivity index (χ1v) is 10.1. The predicted octanol–water partition coefficient (Wildman–Crippen LogP) is -1.32. The Labute approximate surface area is 185 Å². The quantitative estimate of drug-likeness (QED) is 0.124. The van der Waals surface area contributed by atoms with Gasteiger partial charge in [0.2, 0.25) is 5.91 Å². The van der Waals surface area contributed by atoms with Crippen molar-refractivity contribution >= 4 is 52.0 Å². The molecule has 9 N–H and O–H groups in total. The molecule has 0 saturated heterocycles. The van der Waals surface area contributed by atoms with E-state index in [4.69, 9.17) is 28.8 Å². The number of amides is 1. The van der Waals surface area contributed by atoms with Crippen molar-refractivity contribution in [2.24, 2.45) is 29.4 Å². The standard InChI is InChI=1S/C20H20ClN3O8/c1-3-6-9(16(28)13(23)11(21)12(6)22)15(27)10-7(3)14(26)4-2-5(25)8(19(24)31)17(29)20(4,32)18(10)30/h3-4,7-8,10,14,26,28,32H,2,22-23H2,1H3,(H2,24,31)/t3-,4+,7+,8?,10?,14-,20+/m0/s1. The number of benzene rings is 1. The van der Waals surface area contributed by atoms with Gasteiger partial charge in [0.1, 0.15) is 0 Å². The summed E-state index contributed by atoms with van der Waals surface area (Å²) in [6.07, 6.45) is -2.36. The number of nitrogen functional groups attached to an aromatic ring is 2. The van der Waals surface area contributed by atoms with E-state index in [1.165, 1.54) is 6.92 Å². The van der Waals surface area contributed by atoms with Crippen molar-refractivity contribution in [1.29, 1.82) is 0 Å². The van der Waals surface area contributed by atoms with Gasteiger partial charge >= 0.3 is 0 Å². The Bertz CT molecular complexity index is 1150. The van der Waals surface area contributed by atoms with E-state index in [1.807, 2.05) is 0 Å². The molecule has 170 valence electrons. The minimum absolute atomic E-state index is 0.0636. The number of aromatic hydroxyl groups is 1. The van der Waals surface area contributed by atoms with Crippen LogP contribution in [-0.2, 0) is 19.2 Å². The lowest BCUT2D eigenvalue weighted by atomic mass is 9.50. The lowest BCUT2D eigenvalue weighted by molar-refractivity contribution is -0.189. The molecule has 3 aliphatic rings. The topological polar surface area (TPSA) is 224 Å². The van der Waals surface area contributed by atoms with Crippen molar-refractivity contribution in [2.45, 2.75) is 31.0 Å². The second-order valence-corrected chi connectivity index (χ2v) is 8.96. The fourth-order valence-electron chi connectivity index (χ4n) is 5.58. The molecule has 32 heavy (non-hydrogen) atoms. The summed E-state index contributed by atoms with van der Waals surface area (Å²) >= 11 is 6.07. The first-order valence-electron chi connectivity index (χ1n) is 9.72. The maximum atomic E-state index is 13.4. The number of aliphatic hydroxyl groups excluding tert-OH is 1. The number of fused-ring (bicyclic) bond motifs is 3. The van der Waals surface area contributed by atoms with E-state index >= 15 is 0 Å². The number of halogens is 1. The molecule has 0 aliphatic heterocycles. The van der Waals surface area contributed by atoms with Crippen LogP contribution in [0.4, 0.5) is 11.4 Å². The Hall–Kier alpha value is -3.02. The molecule has 2 unspecified atom stereocenters. The lowest BCUT2D eigenvalue weighted by Crippen LogP contribution is -2.72. The zero-order valence-electron chi connectivity index (χ0n) is 16.7. The minimum atomic E-state index is -2.99. The molecular formula is C20H20ClN3O8. The second-order valence-electron chi connectivity index (χ2n) is 8.58. The van der Waals surface area contributed by atoms with Gasteiger partial charge in [-0.2, -0.15) is 0 Å². The number of nitrogens with two attached hydrogens (primary N) is 3. The molecule has 7 atom stereocenters. The molecule has 0 radical (unpaired) electrons. The van der Waals surface area contributed by atoms with Crippen LogP contribution in [0.3, 0.4) is 0 Å². The molecule has 0 bridgehead atoms. The Morgan fingerprint density at radius 1 is 1.12 bits per heavy atom. The van der Waals surface area contributed by atoms with Gasteiger partial charge < -0.3 is 32.5 Å². The summed E-state index contributed by atoms with van der Waals surface area (Å²) < 4.78 is 0. The number of primary amides is 1. The highest BCUT2D eigenvalue weighted by atomic mass is 35.5. The summed E-state index contributed by atoms with van der Waals surface area (Å²) in [6, 6.07) is 0. The van der Waals surface area contributed by atoms with Crippen LogP contribution in [0, 0.1) is 23.7 Å². The molecule has 11 nitrogen and oxygen atoms in total. The predicted molar refractivity (Wildman–Crippen MR) is 108 cm³/mol. The van der Waals surface area contributed by atoms with Crippen LogP contribution in [0.1, 0.15) is 35.2 Å². The summed E-state index contributed by atoms with van der Waals surface area (Å²) in [7, 11) is 0. The first kappa shape index (κ1) is 22.2. The second kappa shape index (κ2) is 6.74. The van der Waals surface area contributed by atoms with Crippen molar-refractivity contribution in [3.05, 3.63) is 16.1 Å². The molecular weight excluding hydrogens is 446 g/mol. The number of anilines is 2. The van der Waals surface area contributed by atoms with Gasteiger partial charge in [-0.05, 0) is 11.5 Å². The molecule has 4 rings (SSSR count). The fourth-order valence-corrected chi connectivity index (χ4v) is 5.77. The molecule has 1 aromatic carbocycles. The summed E-state index contributed by atoms with van der Waals surface area (Å²) in [6.45, 7) is 1.52. The van der Waals surface area contributed by atoms with Gasteiger partial charge in [0.25, 0.3) is 0 Å². The molecule has 2 fully saturated rings. The van der Waals surface area contributed by atoms with Crippen molar-refractivity contribution < 1.29 is 39.3 Å². The summed E-state index contributed by atoms with van der Waals surface area (Å²) in [5.74, 6) is -14.3. The monoisotopic (exact) mass is 465 g/mol. The number of phenols is 1. The van der Waals surface area contributed by atoms with Crippen LogP contribution in [0.2, 0.25) is 5.02 Å². The number of Topliss-reactive ketones (excluding diaryl/α,β-unsaturated/α-hetero) is 4. The Morgan fingerprint density at radius 2 is 1.72 bits per heavy atom. The van der Waals surface area contributed by atoms with E-state index in [-0.39, 0.29) is 16.3 Å². The van der Waals surface area contributed by atoms with Crippen LogP contribution >= 0.6 is 11.6 Å². The number of aliphatic hydroxyl groups is 2. The average Bonchev–Trinajstić information content (AvgIpc) is 2.72. The number of carbonyl (C=O) groups excluding carboxylic acids is 5. The van der Waals surface area contributed by atoms with E-state index in [1.54, 1.807) is 0 Å². The third kappa shape index (κ3) is 2.41. The third-order valence-electron chi connectivity index (χ3n) is 7.14. The van der Waals surface area contributed by atoms with Gasteiger partial charge in [0.05, 0.1) is 34.0 Å². The molecule has 0 heterocycles. The van der Waals surface area contributed by atoms with E-state index < -0.39 is 93.8 Å². The van der Waals surface area contributed by atoms with Gasteiger partial charge in [-0.3, -0.25) is 24.0 Å². The minimum Gasteiger partial charge on any atom is -0.505 e. The smallest absolute Gasteiger partial charge is 0.235 e. The Balaban J connectivity index is 1.95. The van der Waals surface area contributed by atoms with E-state index in [0.717, 1.165) is 0 Å². The van der Waals surface area contributed by atoms with Gasteiger partial charge in [-0.25, -0.2) is 0 Å². The van der Waals surface area contributed by atoms with E-state index in [2.05, 4.69) is 0 Å². The number of hydrogen-bond acceptors (Lipinski definition) is 10. The highest BCUT2D eigenvalue weighted by molar-refractivity contribution is 6.37. The number of phenolic OH excluding ortho intramolecular Hbond substituents is 1. The highest BCUT2D eigenvalue weighted by Crippen LogP contribution is 2.56. The number of rotatable bonds is 1. The Morgan fingerprint density at radius 3 is 2.28 bits per heavy atom. The normalized spacial score (nSPS) is 36.4. The van der Waals surface area contributed by atoms with Crippen LogP contribution < -0.4 is 17.2 Å². The van der Waals surface area contributed by atoms with Crippen LogP contribution in [-0.4, -0.2) is 56.1 Å². The van der Waals surface area contributed by atoms with Gasteiger partial charge in [-0.15, -0.1) is 0 Å². The van der Waals surface area contributed by atoms with E-state index in [0.29, 0.717) is 0 Å². The fraction of sp³-hybridized carbons (Fsp3) is 0.450. The number of hydrogen-bond donors (Lipinski definition) is 6. The molecule has 1 aromatic rings. The van der Waals surface area contributed by atoms with Crippen molar-refractivity contribution in [2.75, 3.05) is 11.5 Å². The highest BCUT2D eigenvalue weighted by Gasteiger charge is 2.70. The number of ketones is 4. The summed E-state index contributed by atoms with van der Waals surface area (Å²) in [5.41, 5.74) is 13.0. The largest absolute Gasteiger partial charge is 0.505 e. The maximum absolute atomic E-state index is 13.4. The summed E-state index contributed by atoms with van der Waals surface area (Å²) in [5, 5.41) is 32.5. The van der Waals surface area contributed by atoms with Crippen molar-refractivity contribution in [1.82, 2.24) is 0 Å². The molecule has 0 spiro atoms. The zero-order chi connectivity index (χ0) is 24.0. The lowest BCUT2D eigenvalue weighted by Gasteiger charge is -2.53. The number of carbonyl (C=O) groups is 5. The molecule has 0 aromatic heterocycles. The maximum Gasteiger partial charge on any atom is 0.235 e. The summed E-state index contributed by atoms with van der Waals surface area (Å²) in [4.78, 5) is 63.7. The zero-order valence-corrected chi connectivity index (χ0v) is 17.4. The molecule has 12 heteroatoms. The SMILES string of the molecule is C[C@H]1c2c(N)c(Cl)c(N)c(O)c2C(=O)C2C(=O)[C@]3(O)C(=O)C(C(N)=O)C(=O)C[C@@H]3[C@H](O)[C@@H]21. The molecule has 1 amide bonds. The van der Waals surface area contributed by atoms with Crippen molar-refractivity contribution in [3.63, 3.8) is 0 Å². The van der Waals surface area contributed by atoms with E-state index in [9.17, 15) is 39.3 Å². The van der Waals surface area contributed by atoms with Crippen LogP contribution in [0.15, 0.2) is 0 Å². The van der Waals surface area contributed by atoms with Crippen molar-refractivity contribution in [3.8, 4) is 5.75 Å². The Kier molecular flexibility index (Phi) is 4.67. The first-order chi connectivity index (χ1) is 14.8. The average molecular weight is 466 g/mol. The molecule has 3 aliphatic carbocycles. The van der Waals surface area contributed by atoms with Crippen LogP contribution in [0.5, 0.6) is 5.75 Å². The van der Waals surface area contributed by atoms with Gasteiger partial charge in [0.15, 0.2) is 40.4 Å². The van der Waals surface area contributed by atoms with Crippen LogP contribution in [0.25, 0.3) is 0 Å². The molecule has 2 saturated carbocycles.